The molecular weight excluding hydrogens is 205 g/mol. The van der Waals surface area contributed by atoms with Crippen LogP contribution in [0.3, 0.4) is 0 Å². The van der Waals surface area contributed by atoms with Crippen LogP contribution in [0.4, 0.5) is 10.2 Å². The van der Waals surface area contributed by atoms with E-state index in [1.54, 1.807) is 6.07 Å². The zero-order valence-corrected chi connectivity index (χ0v) is 9.56. The highest BCUT2D eigenvalue weighted by Gasteiger charge is 2.25. The number of nitrogens with zero attached hydrogens (tertiary/aromatic N) is 2. The highest BCUT2D eigenvalue weighted by atomic mass is 19.1. The van der Waals surface area contributed by atoms with Gasteiger partial charge in [0.2, 0.25) is 0 Å². The van der Waals surface area contributed by atoms with E-state index in [9.17, 15) is 4.39 Å². The van der Waals surface area contributed by atoms with Gasteiger partial charge >= 0.3 is 0 Å². The number of piperidine rings is 1. The van der Waals surface area contributed by atoms with E-state index < -0.39 is 0 Å². The quantitative estimate of drug-likeness (QED) is 0.831. The van der Waals surface area contributed by atoms with Crippen molar-refractivity contribution in [2.24, 2.45) is 11.7 Å². The Hall–Kier alpha value is -1.16. The van der Waals surface area contributed by atoms with Crippen LogP contribution in [0.2, 0.25) is 0 Å². The van der Waals surface area contributed by atoms with E-state index in [0.717, 1.165) is 18.8 Å². The normalized spacial score (nSPS) is 25.8. The zero-order valence-electron chi connectivity index (χ0n) is 9.56. The van der Waals surface area contributed by atoms with Gasteiger partial charge in [0, 0.05) is 12.6 Å². The van der Waals surface area contributed by atoms with Gasteiger partial charge in [-0.05, 0) is 44.4 Å². The first-order valence-corrected chi connectivity index (χ1v) is 5.79. The van der Waals surface area contributed by atoms with Crippen molar-refractivity contribution in [1.82, 2.24) is 4.98 Å². The summed E-state index contributed by atoms with van der Waals surface area (Å²) in [5.74, 6) is 1.10. The molecule has 16 heavy (non-hydrogen) atoms. The summed E-state index contributed by atoms with van der Waals surface area (Å²) in [5.41, 5.74) is 5.71. The molecule has 1 aliphatic heterocycles. The van der Waals surface area contributed by atoms with Crippen LogP contribution in [0.15, 0.2) is 18.3 Å². The van der Waals surface area contributed by atoms with Crippen LogP contribution in [-0.2, 0) is 0 Å². The Labute approximate surface area is 95.5 Å². The number of pyridine rings is 1. The fourth-order valence-electron chi connectivity index (χ4n) is 2.23. The summed E-state index contributed by atoms with van der Waals surface area (Å²) in [7, 11) is 0. The first-order valence-electron chi connectivity index (χ1n) is 5.79. The molecule has 1 aromatic heterocycles. The molecule has 1 aromatic rings. The lowest BCUT2D eigenvalue weighted by Crippen LogP contribution is -2.44. The Morgan fingerprint density at radius 3 is 2.94 bits per heavy atom. The Morgan fingerprint density at radius 2 is 2.31 bits per heavy atom. The lowest BCUT2D eigenvalue weighted by molar-refractivity contribution is 0.371. The van der Waals surface area contributed by atoms with Crippen molar-refractivity contribution in [3.05, 3.63) is 24.1 Å². The standard InChI is InChI=1S/C12H18FN3/c1-9-2-3-10(6-14)8-16(9)12-5-4-11(13)7-15-12/h4-5,7,9-10H,2-3,6,8,14H2,1H3. The second kappa shape index (κ2) is 4.78. The minimum absolute atomic E-state index is 0.288. The number of nitrogens with two attached hydrogens (primary N) is 1. The summed E-state index contributed by atoms with van der Waals surface area (Å²) in [4.78, 5) is 6.35. The Balaban J connectivity index is 2.14. The summed E-state index contributed by atoms with van der Waals surface area (Å²) >= 11 is 0. The van der Waals surface area contributed by atoms with Gasteiger partial charge in [-0.2, -0.15) is 0 Å². The minimum atomic E-state index is -0.288. The highest BCUT2D eigenvalue weighted by molar-refractivity contribution is 5.39. The van der Waals surface area contributed by atoms with Crippen LogP contribution in [0.1, 0.15) is 19.8 Å². The predicted molar refractivity (Wildman–Crippen MR) is 62.8 cm³/mol. The van der Waals surface area contributed by atoms with E-state index in [-0.39, 0.29) is 5.82 Å². The molecule has 0 radical (unpaired) electrons. The average Bonchev–Trinajstić information content (AvgIpc) is 2.31. The molecule has 3 nitrogen and oxygen atoms in total. The van der Waals surface area contributed by atoms with Crippen LogP contribution in [-0.4, -0.2) is 24.1 Å². The fourth-order valence-corrected chi connectivity index (χ4v) is 2.23. The van der Waals surface area contributed by atoms with Crippen molar-refractivity contribution in [1.29, 1.82) is 0 Å². The molecule has 2 heterocycles. The number of hydrogen-bond donors (Lipinski definition) is 1. The lowest BCUT2D eigenvalue weighted by atomic mass is 9.93. The summed E-state index contributed by atoms with van der Waals surface area (Å²) in [5, 5.41) is 0. The summed E-state index contributed by atoms with van der Waals surface area (Å²) < 4.78 is 12.8. The number of halogens is 1. The highest BCUT2D eigenvalue weighted by Crippen LogP contribution is 2.25. The maximum absolute atomic E-state index is 12.8. The molecule has 2 atom stereocenters. The third-order valence-corrected chi connectivity index (χ3v) is 3.32. The van der Waals surface area contributed by atoms with Crippen molar-refractivity contribution in [3.63, 3.8) is 0 Å². The van der Waals surface area contributed by atoms with Gasteiger partial charge in [-0.25, -0.2) is 9.37 Å². The maximum Gasteiger partial charge on any atom is 0.141 e. The van der Waals surface area contributed by atoms with Gasteiger partial charge in [0.05, 0.1) is 6.20 Å². The first kappa shape index (κ1) is 11.3. The van der Waals surface area contributed by atoms with E-state index in [1.807, 2.05) is 0 Å². The van der Waals surface area contributed by atoms with E-state index in [2.05, 4.69) is 16.8 Å². The zero-order chi connectivity index (χ0) is 11.5. The molecule has 1 saturated heterocycles. The Morgan fingerprint density at radius 1 is 1.50 bits per heavy atom. The molecule has 2 N–H and O–H groups in total. The monoisotopic (exact) mass is 223 g/mol. The summed E-state index contributed by atoms with van der Waals surface area (Å²) in [6.07, 6.45) is 3.57. The van der Waals surface area contributed by atoms with Crippen molar-refractivity contribution >= 4 is 5.82 Å². The van der Waals surface area contributed by atoms with Crippen molar-refractivity contribution in [2.75, 3.05) is 18.0 Å². The van der Waals surface area contributed by atoms with Gasteiger partial charge in [-0.1, -0.05) is 0 Å². The number of rotatable bonds is 2. The first-order chi connectivity index (χ1) is 7.70. The van der Waals surface area contributed by atoms with Gasteiger partial charge in [0.15, 0.2) is 0 Å². The topological polar surface area (TPSA) is 42.1 Å². The summed E-state index contributed by atoms with van der Waals surface area (Å²) in [6, 6.07) is 3.66. The van der Waals surface area contributed by atoms with E-state index in [0.29, 0.717) is 18.5 Å². The molecule has 4 heteroatoms. The SMILES string of the molecule is CC1CCC(CN)CN1c1ccc(F)cn1. The fraction of sp³-hybridized carbons (Fsp3) is 0.583. The second-order valence-electron chi connectivity index (χ2n) is 4.52. The Kier molecular flexibility index (Phi) is 3.39. The van der Waals surface area contributed by atoms with Crippen LogP contribution >= 0.6 is 0 Å². The number of hydrogen-bond acceptors (Lipinski definition) is 3. The van der Waals surface area contributed by atoms with Gasteiger partial charge in [0.25, 0.3) is 0 Å². The molecule has 2 rings (SSSR count). The number of anilines is 1. The molecule has 0 bridgehead atoms. The van der Waals surface area contributed by atoms with E-state index in [1.165, 1.54) is 18.7 Å². The van der Waals surface area contributed by atoms with Crippen LogP contribution in [0.5, 0.6) is 0 Å². The van der Waals surface area contributed by atoms with Gasteiger partial charge in [0.1, 0.15) is 11.6 Å². The molecule has 0 aliphatic carbocycles. The van der Waals surface area contributed by atoms with Gasteiger partial charge in [-0.3, -0.25) is 0 Å². The molecule has 1 fully saturated rings. The van der Waals surface area contributed by atoms with Gasteiger partial charge < -0.3 is 10.6 Å². The van der Waals surface area contributed by atoms with Crippen LogP contribution in [0.25, 0.3) is 0 Å². The smallest absolute Gasteiger partial charge is 0.141 e. The predicted octanol–water partition coefficient (Wildman–Crippen LogP) is 1.78. The molecule has 0 spiro atoms. The molecule has 1 aliphatic rings. The van der Waals surface area contributed by atoms with Gasteiger partial charge in [-0.15, -0.1) is 0 Å². The Bertz CT molecular complexity index is 339. The molecule has 0 aromatic carbocycles. The minimum Gasteiger partial charge on any atom is -0.354 e. The second-order valence-corrected chi connectivity index (χ2v) is 4.52. The van der Waals surface area contributed by atoms with Crippen LogP contribution < -0.4 is 10.6 Å². The molecule has 88 valence electrons. The van der Waals surface area contributed by atoms with Crippen molar-refractivity contribution < 1.29 is 4.39 Å². The molecule has 0 amide bonds. The largest absolute Gasteiger partial charge is 0.354 e. The lowest BCUT2D eigenvalue weighted by Gasteiger charge is -2.38. The third kappa shape index (κ3) is 2.32. The summed E-state index contributed by atoms with van der Waals surface area (Å²) in [6.45, 7) is 3.82. The third-order valence-electron chi connectivity index (χ3n) is 3.32. The number of aromatic nitrogens is 1. The van der Waals surface area contributed by atoms with Crippen molar-refractivity contribution in [3.8, 4) is 0 Å². The van der Waals surface area contributed by atoms with Crippen LogP contribution in [0, 0.1) is 11.7 Å². The van der Waals surface area contributed by atoms with E-state index in [4.69, 9.17) is 5.73 Å². The molecular formula is C12H18FN3. The average molecular weight is 223 g/mol. The van der Waals surface area contributed by atoms with Crippen molar-refractivity contribution in [2.45, 2.75) is 25.8 Å². The molecule has 0 saturated carbocycles. The maximum atomic E-state index is 12.8. The molecule has 2 unspecified atom stereocenters. The van der Waals surface area contributed by atoms with E-state index >= 15 is 0 Å².